The van der Waals surface area contributed by atoms with Crippen molar-refractivity contribution in [3.63, 3.8) is 0 Å². The molecule has 0 bridgehead atoms. The summed E-state index contributed by atoms with van der Waals surface area (Å²) in [6.07, 6.45) is 8.05. The van der Waals surface area contributed by atoms with E-state index in [2.05, 4.69) is 42.9 Å². The molecule has 1 fully saturated rings. The van der Waals surface area contributed by atoms with Crippen LogP contribution in [0.1, 0.15) is 44.7 Å². The van der Waals surface area contributed by atoms with Crippen LogP contribution in [0.4, 0.5) is 0 Å². The molecule has 0 aliphatic carbocycles. The van der Waals surface area contributed by atoms with E-state index in [0.29, 0.717) is 6.61 Å². The lowest BCUT2D eigenvalue weighted by atomic mass is 9.75. The van der Waals surface area contributed by atoms with E-state index < -0.39 is 5.79 Å². The first-order valence-electron chi connectivity index (χ1n) is 8.78. The van der Waals surface area contributed by atoms with Crippen molar-refractivity contribution in [3.05, 3.63) is 59.1 Å². The van der Waals surface area contributed by atoms with Gasteiger partial charge in [-0.1, -0.05) is 50.9 Å². The molecule has 0 N–H and O–H groups in total. The lowest BCUT2D eigenvalue weighted by molar-refractivity contribution is -0.247. The van der Waals surface area contributed by atoms with Gasteiger partial charge in [0.15, 0.2) is 0 Å². The van der Waals surface area contributed by atoms with Gasteiger partial charge in [0, 0.05) is 28.4 Å². The summed E-state index contributed by atoms with van der Waals surface area (Å²) in [7, 11) is 0. The Morgan fingerprint density at radius 2 is 1.88 bits per heavy atom. The Labute approximate surface area is 154 Å². The highest BCUT2D eigenvalue weighted by Crippen LogP contribution is 2.50. The third kappa shape index (κ3) is 3.71. The minimum Gasteiger partial charge on any atom is -0.343 e. The molecule has 1 aromatic carbocycles. The maximum atomic E-state index is 6.51. The van der Waals surface area contributed by atoms with Crippen molar-refractivity contribution in [1.29, 1.82) is 0 Å². The zero-order chi connectivity index (χ0) is 17.9. The second kappa shape index (κ2) is 7.40. The quantitative estimate of drug-likeness (QED) is 0.744. The predicted octanol–water partition coefficient (Wildman–Crippen LogP) is 4.77. The van der Waals surface area contributed by atoms with Crippen molar-refractivity contribution in [1.82, 2.24) is 9.97 Å². The monoisotopic (exact) mass is 360 g/mol. The summed E-state index contributed by atoms with van der Waals surface area (Å²) in [4.78, 5) is 8.38. The standard InChI is InChI=1S/C20H25ClN2O2/c1-4-5-18-13-24-20(25-18,16-11-22-14-23-12-16)19(2,3)10-15-6-8-17(21)9-7-15/h6-9,11-12,14,18H,4-5,10,13H2,1-3H3. The van der Waals surface area contributed by atoms with E-state index in [1.807, 2.05) is 12.1 Å². The Morgan fingerprint density at radius 1 is 1.20 bits per heavy atom. The molecule has 0 amide bonds. The van der Waals surface area contributed by atoms with Gasteiger partial charge in [-0.25, -0.2) is 9.97 Å². The molecule has 0 saturated carbocycles. The highest BCUT2D eigenvalue weighted by molar-refractivity contribution is 6.30. The molecule has 2 heterocycles. The van der Waals surface area contributed by atoms with E-state index in [9.17, 15) is 0 Å². The lowest BCUT2D eigenvalue weighted by Gasteiger charge is -2.42. The van der Waals surface area contributed by atoms with Gasteiger partial charge in [0.1, 0.15) is 6.33 Å². The number of ether oxygens (including phenoxy) is 2. The van der Waals surface area contributed by atoms with Crippen LogP contribution in [0.5, 0.6) is 0 Å². The molecule has 0 spiro atoms. The molecular weight excluding hydrogens is 336 g/mol. The van der Waals surface area contributed by atoms with Gasteiger partial charge >= 0.3 is 0 Å². The lowest BCUT2D eigenvalue weighted by Crippen LogP contribution is -2.45. The second-order valence-corrected chi connectivity index (χ2v) is 7.71. The van der Waals surface area contributed by atoms with Crippen molar-refractivity contribution in [2.24, 2.45) is 5.41 Å². The van der Waals surface area contributed by atoms with E-state index >= 15 is 0 Å². The predicted molar refractivity (Wildman–Crippen MR) is 98.4 cm³/mol. The molecule has 1 aliphatic rings. The number of hydrogen-bond acceptors (Lipinski definition) is 4. The van der Waals surface area contributed by atoms with Gasteiger partial charge in [0.25, 0.3) is 0 Å². The minimum absolute atomic E-state index is 0.0923. The van der Waals surface area contributed by atoms with Crippen LogP contribution in [0.2, 0.25) is 5.02 Å². The molecule has 1 aliphatic heterocycles. The van der Waals surface area contributed by atoms with Gasteiger partial charge in [-0.3, -0.25) is 0 Å². The third-order valence-electron chi connectivity index (χ3n) is 4.81. The maximum absolute atomic E-state index is 6.51. The van der Waals surface area contributed by atoms with Crippen LogP contribution in [0, 0.1) is 5.41 Å². The number of benzene rings is 1. The molecule has 25 heavy (non-hydrogen) atoms. The number of aromatic nitrogens is 2. The van der Waals surface area contributed by atoms with Crippen molar-refractivity contribution in [2.75, 3.05) is 6.61 Å². The maximum Gasteiger partial charge on any atom is 0.203 e. The van der Waals surface area contributed by atoms with E-state index in [-0.39, 0.29) is 11.5 Å². The Bertz CT molecular complexity index is 691. The van der Waals surface area contributed by atoms with Crippen LogP contribution in [0.3, 0.4) is 0 Å². The van der Waals surface area contributed by atoms with Gasteiger partial charge in [-0.05, 0) is 30.5 Å². The van der Waals surface area contributed by atoms with E-state index in [4.69, 9.17) is 21.1 Å². The van der Waals surface area contributed by atoms with Crippen LogP contribution in [0.15, 0.2) is 43.0 Å². The molecular formula is C20H25ClN2O2. The Hall–Kier alpha value is -1.49. The van der Waals surface area contributed by atoms with Crippen molar-refractivity contribution in [2.45, 2.75) is 51.9 Å². The van der Waals surface area contributed by atoms with Crippen LogP contribution < -0.4 is 0 Å². The molecule has 2 aromatic rings. The first-order valence-corrected chi connectivity index (χ1v) is 9.16. The zero-order valence-corrected chi connectivity index (χ0v) is 15.8. The number of hydrogen-bond donors (Lipinski definition) is 0. The average Bonchev–Trinajstić information content (AvgIpc) is 3.04. The summed E-state index contributed by atoms with van der Waals surface area (Å²) in [5, 5.41) is 0.740. The van der Waals surface area contributed by atoms with Gasteiger partial charge in [-0.2, -0.15) is 0 Å². The van der Waals surface area contributed by atoms with E-state index in [1.165, 1.54) is 11.9 Å². The van der Waals surface area contributed by atoms with Crippen molar-refractivity contribution < 1.29 is 9.47 Å². The van der Waals surface area contributed by atoms with Crippen LogP contribution in [-0.2, 0) is 21.7 Å². The topological polar surface area (TPSA) is 44.2 Å². The first kappa shape index (κ1) is 18.3. The van der Waals surface area contributed by atoms with Gasteiger partial charge < -0.3 is 9.47 Å². The molecule has 1 saturated heterocycles. The zero-order valence-electron chi connectivity index (χ0n) is 15.0. The normalized spacial score (nSPS) is 23.8. The Balaban J connectivity index is 1.94. The first-order chi connectivity index (χ1) is 12.0. The second-order valence-electron chi connectivity index (χ2n) is 7.27. The van der Waals surface area contributed by atoms with Crippen LogP contribution >= 0.6 is 11.6 Å². The molecule has 2 atom stereocenters. The molecule has 134 valence electrons. The molecule has 3 rings (SSSR count). The molecule has 4 nitrogen and oxygen atoms in total. The van der Waals surface area contributed by atoms with Crippen LogP contribution in [0.25, 0.3) is 0 Å². The highest BCUT2D eigenvalue weighted by Gasteiger charge is 2.54. The Kier molecular flexibility index (Phi) is 5.42. The van der Waals surface area contributed by atoms with E-state index in [1.54, 1.807) is 12.4 Å². The third-order valence-corrected chi connectivity index (χ3v) is 5.06. The fourth-order valence-electron chi connectivity index (χ4n) is 3.57. The number of halogens is 1. The van der Waals surface area contributed by atoms with Gasteiger partial charge in [0.05, 0.1) is 12.7 Å². The van der Waals surface area contributed by atoms with Gasteiger partial charge in [0.2, 0.25) is 5.79 Å². The summed E-state index contributed by atoms with van der Waals surface area (Å²) in [5.74, 6) is -0.853. The summed E-state index contributed by atoms with van der Waals surface area (Å²) >= 11 is 6.02. The summed E-state index contributed by atoms with van der Waals surface area (Å²) in [6.45, 7) is 7.09. The number of nitrogens with zero attached hydrogens (tertiary/aromatic N) is 2. The van der Waals surface area contributed by atoms with Crippen molar-refractivity contribution >= 4 is 11.6 Å². The van der Waals surface area contributed by atoms with E-state index in [0.717, 1.165) is 29.8 Å². The fraction of sp³-hybridized carbons (Fsp3) is 0.500. The SMILES string of the molecule is CCCC1COC(c2cncnc2)(C(C)(C)Cc2ccc(Cl)cc2)O1. The molecule has 1 aromatic heterocycles. The van der Waals surface area contributed by atoms with Crippen molar-refractivity contribution in [3.8, 4) is 0 Å². The highest BCUT2D eigenvalue weighted by atomic mass is 35.5. The fourth-order valence-corrected chi connectivity index (χ4v) is 3.70. The average molecular weight is 361 g/mol. The molecule has 2 unspecified atom stereocenters. The van der Waals surface area contributed by atoms with Crippen LogP contribution in [-0.4, -0.2) is 22.7 Å². The van der Waals surface area contributed by atoms with Gasteiger partial charge in [-0.15, -0.1) is 0 Å². The molecule has 5 heteroatoms. The Morgan fingerprint density at radius 3 is 2.52 bits per heavy atom. The summed E-state index contributed by atoms with van der Waals surface area (Å²) in [6, 6.07) is 7.94. The smallest absolute Gasteiger partial charge is 0.203 e. The number of rotatable bonds is 6. The summed E-state index contributed by atoms with van der Waals surface area (Å²) < 4.78 is 12.8. The largest absolute Gasteiger partial charge is 0.343 e. The summed E-state index contributed by atoms with van der Waals surface area (Å²) in [5.41, 5.74) is 1.75. The minimum atomic E-state index is -0.853. The molecule has 0 radical (unpaired) electrons.